The van der Waals surface area contributed by atoms with Gasteiger partial charge in [-0.25, -0.2) is 0 Å². The first kappa shape index (κ1) is 11.9. The Morgan fingerprint density at radius 3 is 2.65 bits per heavy atom. The van der Waals surface area contributed by atoms with E-state index < -0.39 is 4.92 Å². The molecule has 0 unspecified atom stereocenters. The van der Waals surface area contributed by atoms with E-state index in [1.165, 1.54) is 0 Å². The zero-order valence-corrected chi connectivity index (χ0v) is 9.93. The van der Waals surface area contributed by atoms with Crippen molar-refractivity contribution in [2.45, 2.75) is 18.8 Å². The van der Waals surface area contributed by atoms with Gasteiger partial charge in [0.1, 0.15) is 5.69 Å². The van der Waals surface area contributed by atoms with Crippen LogP contribution >= 0.6 is 0 Å². The Morgan fingerprint density at radius 1 is 1.41 bits per heavy atom. The van der Waals surface area contributed by atoms with Crippen LogP contribution in [0, 0.1) is 10.1 Å². The minimum Gasteiger partial charge on any atom is -0.393 e. The Bertz CT molecular complexity index is 426. The fourth-order valence-electron chi connectivity index (χ4n) is 2.31. The maximum Gasteiger partial charge on any atom is 0.292 e. The molecular formula is C12H17N3O2. The van der Waals surface area contributed by atoms with Crippen LogP contribution < -0.4 is 5.73 Å². The summed E-state index contributed by atoms with van der Waals surface area (Å²) in [5.41, 5.74) is 6.90. The van der Waals surface area contributed by atoms with E-state index in [9.17, 15) is 10.1 Å². The van der Waals surface area contributed by atoms with Crippen molar-refractivity contribution in [1.82, 2.24) is 4.90 Å². The quantitative estimate of drug-likeness (QED) is 0.483. The molecule has 1 saturated heterocycles. The van der Waals surface area contributed by atoms with Crippen molar-refractivity contribution in [1.29, 1.82) is 0 Å². The highest BCUT2D eigenvalue weighted by Gasteiger charge is 2.21. The Kier molecular flexibility index (Phi) is 3.28. The van der Waals surface area contributed by atoms with Crippen LogP contribution in [0.1, 0.15) is 24.3 Å². The monoisotopic (exact) mass is 235 g/mol. The summed E-state index contributed by atoms with van der Waals surface area (Å²) in [5.74, 6) is 0.422. The number of hydrogen-bond donors (Lipinski definition) is 1. The molecule has 5 heteroatoms. The summed E-state index contributed by atoms with van der Waals surface area (Å²) in [7, 11) is 2.10. The molecule has 2 N–H and O–H groups in total. The van der Waals surface area contributed by atoms with Crippen molar-refractivity contribution in [2.75, 3.05) is 25.9 Å². The molecule has 0 saturated carbocycles. The molecule has 5 nitrogen and oxygen atoms in total. The number of piperidine rings is 1. The van der Waals surface area contributed by atoms with Crippen LogP contribution in [-0.2, 0) is 0 Å². The number of benzene rings is 1. The number of nitrogens with two attached hydrogens (primary N) is 1. The second kappa shape index (κ2) is 4.71. The minimum absolute atomic E-state index is 0.0291. The molecule has 0 aromatic heterocycles. The molecule has 1 heterocycles. The van der Waals surface area contributed by atoms with Crippen LogP contribution in [-0.4, -0.2) is 30.0 Å². The van der Waals surface area contributed by atoms with Crippen LogP contribution in [0.3, 0.4) is 0 Å². The maximum atomic E-state index is 10.8. The Balaban J connectivity index is 2.21. The number of nitrogen functional groups attached to an aromatic ring is 1. The minimum atomic E-state index is -0.409. The smallest absolute Gasteiger partial charge is 0.292 e. The SMILES string of the molecule is CN1CCC(c2ccc(N)c([N+](=O)[O-])c2)CC1. The van der Waals surface area contributed by atoms with Gasteiger partial charge in [0.15, 0.2) is 0 Å². The molecule has 2 rings (SSSR count). The van der Waals surface area contributed by atoms with Crippen LogP contribution in [0.4, 0.5) is 11.4 Å². The summed E-state index contributed by atoms with van der Waals surface area (Å²) in [4.78, 5) is 12.7. The lowest BCUT2D eigenvalue weighted by Gasteiger charge is -2.29. The van der Waals surface area contributed by atoms with E-state index in [0.29, 0.717) is 5.92 Å². The molecule has 1 aliphatic heterocycles. The third kappa shape index (κ3) is 2.55. The van der Waals surface area contributed by atoms with E-state index in [-0.39, 0.29) is 11.4 Å². The fraction of sp³-hybridized carbons (Fsp3) is 0.500. The zero-order valence-electron chi connectivity index (χ0n) is 9.93. The molecule has 1 aromatic carbocycles. The van der Waals surface area contributed by atoms with Crippen molar-refractivity contribution in [3.8, 4) is 0 Å². The summed E-state index contributed by atoms with van der Waals surface area (Å²) in [6, 6.07) is 5.19. The summed E-state index contributed by atoms with van der Waals surface area (Å²) in [5, 5.41) is 10.8. The van der Waals surface area contributed by atoms with Gasteiger partial charge in [0.25, 0.3) is 5.69 Å². The lowest BCUT2D eigenvalue weighted by atomic mass is 9.89. The molecule has 0 atom stereocenters. The highest BCUT2D eigenvalue weighted by atomic mass is 16.6. The van der Waals surface area contributed by atoms with E-state index in [0.717, 1.165) is 31.5 Å². The highest BCUT2D eigenvalue weighted by molar-refractivity contribution is 5.59. The maximum absolute atomic E-state index is 10.8. The van der Waals surface area contributed by atoms with Gasteiger partial charge in [-0.3, -0.25) is 10.1 Å². The van der Waals surface area contributed by atoms with Crippen molar-refractivity contribution in [3.05, 3.63) is 33.9 Å². The Morgan fingerprint density at radius 2 is 2.06 bits per heavy atom. The van der Waals surface area contributed by atoms with E-state index in [2.05, 4.69) is 11.9 Å². The molecule has 1 aliphatic rings. The summed E-state index contributed by atoms with van der Waals surface area (Å²) < 4.78 is 0. The summed E-state index contributed by atoms with van der Waals surface area (Å²) in [6.45, 7) is 2.09. The topological polar surface area (TPSA) is 72.4 Å². The largest absolute Gasteiger partial charge is 0.393 e. The standard InChI is InChI=1S/C12H17N3O2/c1-14-6-4-9(5-7-14)10-2-3-11(13)12(8-10)15(16)17/h2-3,8-9H,4-7,13H2,1H3. The molecule has 1 fully saturated rings. The molecule has 92 valence electrons. The molecule has 0 radical (unpaired) electrons. The number of nitro groups is 1. The fourth-order valence-corrected chi connectivity index (χ4v) is 2.31. The molecule has 1 aromatic rings. The zero-order chi connectivity index (χ0) is 12.4. The molecule has 0 spiro atoms. The van der Waals surface area contributed by atoms with Gasteiger partial charge >= 0.3 is 0 Å². The number of nitro benzene ring substituents is 1. The van der Waals surface area contributed by atoms with Crippen LogP contribution in [0.25, 0.3) is 0 Å². The highest BCUT2D eigenvalue weighted by Crippen LogP contribution is 2.32. The summed E-state index contributed by atoms with van der Waals surface area (Å²) >= 11 is 0. The number of nitrogens with zero attached hydrogens (tertiary/aromatic N) is 2. The molecule has 0 amide bonds. The van der Waals surface area contributed by atoms with E-state index in [1.807, 2.05) is 6.07 Å². The van der Waals surface area contributed by atoms with E-state index in [4.69, 9.17) is 5.73 Å². The number of hydrogen-bond acceptors (Lipinski definition) is 4. The van der Waals surface area contributed by atoms with Gasteiger partial charge in [0.05, 0.1) is 4.92 Å². The molecule has 0 aliphatic carbocycles. The van der Waals surface area contributed by atoms with Crippen molar-refractivity contribution in [3.63, 3.8) is 0 Å². The van der Waals surface area contributed by atoms with Gasteiger partial charge in [0, 0.05) is 6.07 Å². The van der Waals surface area contributed by atoms with Crippen molar-refractivity contribution < 1.29 is 4.92 Å². The third-order valence-corrected chi connectivity index (χ3v) is 3.44. The van der Waals surface area contributed by atoms with Crippen LogP contribution in [0.2, 0.25) is 0 Å². The number of rotatable bonds is 2. The van der Waals surface area contributed by atoms with Gasteiger partial charge in [-0.1, -0.05) is 6.07 Å². The first-order chi connectivity index (χ1) is 8.08. The lowest BCUT2D eigenvalue weighted by molar-refractivity contribution is -0.384. The van der Waals surface area contributed by atoms with Crippen LogP contribution in [0.5, 0.6) is 0 Å². The van der Waals surface area contributed by atoms with E-state index in [1.54, 1.807) is 12.1 Å². The molecular weight excluding hydrogens is 218 g/mol. The number of anilines is 1. The Labute approximate surface area is 100 Å². The predicted molar refractivity (Wildman–Crippen MR) is 67.0 cm³/mol. The first-order valence-corrected chi connectivity index (χ1v) is 5.80. The van der Waals surface area contributed by atoms with Crippen molar-refractivity contribution in [2.24, 2.45) is 0 Å². The number of likely N-dealkylation sites (tertiary alicyclic amines) is 1. The van der Waals surface area contributed by atoms with E-state index >= 15 is 0 Å². The van der Waals surface area contributed by atoms with Gasteiger partial charge in [-0.15, -0.1) is 0 Å². The normalized spacial score (nSPS) is 18.2. The van der Waals surface area contributed by atoms with Crippen LogP contribution in [0.15, 0.2) is 18.2 Å². The second-order valence-corrected chi connectivity index (χ2v) is 4.65. The Hall–Kier alpha value is -1.62. The van der Waals surface area contributed by atoms with Gasteiger partial charge < -0.3 is 10.6 Å². The third-order valence-electron chi connectivity index (χ3n) is 3.44. The average molecular weight is 235 g/mol. The second-order valence-electron chi connectivity index (χ2n) is 4.65. The molecule has 17 heavy (non-hydrogen) atoms. The lowest BCUT2D eigenvalue weighted by Crippen LogP contribution is -2.29. The van der Waals surface area contributed by atoms with Gasteiger partial charge in [0.2, 0.25) is 0 Å². The van der Waals surface area contributed by atoms with Gasteiger partial charge in [-0.05, 0) is 50.5 Å². The molecule has 0 bridgehead atoms. The average Bonchev–Trinajstić information content (AvgIpc) is 2.30. The first-order valence-electron chi connectivity index (χ1n) is 5.80. The predicted octanol–water partition coefficient (Wildman–Crippen LogP) is 1.99. The summed E-state index contributed by atoms with van der Waals surface area (Å²) in [6.07, 6.45) is 2.11. The van der Waals surface area contributed by atoms with Gasteiger partial charge in [-0.2, -0.15) is 0 Å². The van der Waals surface area contributed by atoms with Crippen molar-refractivity contribution >= 4 is 11.4 Å².